The van der Waals surface area contributed by atoms with Gasteiger partial charge in [0, 0.05) is 0 Å². The summed E-state index contributed by atoms with van der Waals surface area (Å²) >= 11 is 0. The largest absolute Gasteiger partial charge is 0.389 e. The lowest BCUT2D eigenvalue weighted by atomic mass is 10.2. The minimum absolute atomic E-state index is 0.119. The first-order chi connectivity index (χ1) is 6.47. The molecule has 0 aromatic rings. The molecule has 7 heteroatoms. The van der Waals surface area contributed by atoms with E-state index >= 15 is 0 Å². The molecule has 0 spiro atoms. The quantitative estimate of drug-likeness (QED) is 0.608. The molecule has 0 radical (unpaired) electrons. The van der Waals surface area contributed by atoms with Crippen molar-refractivity contribution in [3.8, 4) is 6.07 Å². The number of nitrogens with one attached hydrogen (secondary N) is 1. The number of ether oxygens (including phenoxy) is 1. The summed E-state index contributed by atoms with van der Waals surface area (Å²) in [6.45, 7) is 1.54. The minimum atomic E-state index is -3.68. The van der Waals surface area contributed by atoms with Crippen molar-refractivity contribution in [2.24, 2.45) is 0 Å². The van der Waals surface area contributed by atoms with Gasteiger partial charge in [-0.15, -0.1) is 0 Å². The van der Waals surface area contributed by atoms with E-state index in [4.69, 9.17) is 10.00 Å². The Morgan fingerprint density at radius 3 is 2.71 bits per heavy atom. The van der Waals surface area contributed by atoms with Crippen LogP contribution in [0.15, 0.2) is 0 Å². The molecule has 6 nitrogen and oxygen atoms in total. The van der Waals surface area contributed by atoms with Crippen molar-refractivity contribution in [2.45, 2.75) is 24.3 Å². The summed E-state index contributed by atoms with van der Waals surface area (Å²) < 4.78 is 29.8. The first-order valence-corrected chi connectivity index (χ1v) is 5.68. The predicted molar refractivity (Wildman–Crippen MR) is 47.7 cm³/mol. The van der Waals surface area contributed by atoms with Gasteiger partial charge < -0.3 is 9.84 Å². The Hall–Kier alpha value is -0.680. The summed E-state index contributed by atoms with van der Waals surface area (Å²) in [5, 5.41) is 16.6. The Labute approximate surface area is 82.5 Å². The summed E-state index contributed by atoms with van der Waals surface area (Å²) in [5.41, 5.74) is 0. The Balaban J connectivity index is 2.64. The van der Waals surface area contributed by atoms with Crippen molar-refractivity contribution in [1.29, 1.82) is 5.26 Å². The molecule has 3 atom stereocenters. The van der Waals surface area contributed by atoms with Gasteiger partial charge in [0.15, 0.2) is 5.25 Å². The summed E-state index contributed by atoms with van der Waals surface area (Å²) in [6.07, 6.45) is -0.837. The topological polar surface area (TPSA) is 99.4 Å². The molecule has 1 unspecified atom stereocenters. The third-order valence-corrected chi connectivity index (χ3v) is 3.68. The summed E-state index contributed by atoms with van der Waals surface area (Å²) in [4.78, 5) is 0. The number of nitrogens with zero attached hydrogens (tertiary/aromatic N) is 1. The SMILES string of the molecule is CC(C#N)S(=O)(=O)N[C@@H]1COC[C@H]1O. The number of aliphatic hydroxyl groups excluding tert-OH is 1. The van der Waals surface area contributed by atoms with E-state index in [1.807, 2.05) is 0 Å². The van der Waals surface area contributed by atoms with Crippen LogP contribution in [-0.4, -0.2) is 44.1 Å². The Kier molecular flexibility index (Phi) is 3.44. The normalized spacial score (nSPS) is 29.8. The molecule has 0 aromatic carbocycles. The molecule has 1 aliphatic rings. The maximum absolute atomic E-state index is 11.4. The van der Waals surface area contributed by atoms with Crippen LogP contribution < -0.4 is 4.72 Å². The van der Waals surface area contributed by atoms with Gasteiger partial charge in [-0.25, -0.2) is 13.1 Å². The second-order valence-electron chi connectivity index (χ2n) is 3.15. The fraction of sp³-hybridized carbons (Fsp3) is 0.857. The highest BCUT2D eigenvalue weighted by molar-refractivity contribution is 7.90. The lowest BCUT2D eigenvalue weighted by Crippen LogP contribution is -2.45. The number of sulfonamides is 1. The van der Waals surface area contributed by atoms with E-state index in [-0.39, 0.29) is 13.2 Å². The lowest BCUT2D eigenvalue weighted by Gasteiger charge is -2.15. The maximum Gasteiger partial charge on any atom is 0.228 e. The number of nitriles is 1. The van der Waals surface area contributed by atoms with Crippen LogP contribution in [0, 0.1) is 11.3 Å². The second-order valence-corrected chi connectivity index (χ2v) is 5.18. The highest BCUT2D eigenvalue weighted by atomic mass is 32.2. The van der Waals surface area contributed by atoms with Crippen LogP contribution in [0.4, 0.5) is 0 Å². The highest BCUT2D eigenvalue weighted by Crippen LogP contribution is 2.08. The Morgan fingerprint density at radius 2 is 2.29 bits per heavy atom. The standard InChI is InChI=1S/C7H12N2O4S/c1-5(2-8)14(11,12)9-6-3-13-4-7(6)10/h5-7,9-10H,3-4H2,1H3/t5?,6-,7-/m1/s1. The smallest absolute Gasteiger partial charge is 0.228 e. The summed E-state index contributed by atoms with van der Waals surface area (Å²) in [5.74, 6) is 0. The first kappa shape index (κ1) is 11.4. The monoisotopic (exact) mass is 220 g/mol. The van der Waals surface area contributed by atoms with Crippen LogP contribution in [0.3, 0.4) is 0 Å². The molecule has 1 aliphatic heterocycles. The zero-order valence-electron chi connectivity index (χ0n) is 7.67. The Morgan fingerprint density at radius 1 is 1.64 bits per heavy atom. The molecule has 0 aromatic heterocycles. The van der Waals surface area contributed by atoms with E-state index in [0.29, 0.717) is 0 Å². The third-order valence-electron chi connectivity index (χ3n) is 2.01. The third kappa shape index (κ3) is 2.42. The van der Waals surface area contributed by atoms with E-state index in [1.54, 1.807) is 6.07 Å². The van der Waals surface area contributed by atoms with Crippen molar-refractivity contribution in [1.82, 2.24) is 4.72 Å². The predicted octanol–water partition coefficient (Wildman–Crippen LogP) is -1.42. The van der Waals surface area contributed by atoms with E-state index in [1.165, 1.54) is 6.92 Å². The van der Waals surface area contributed by atoms with E-state index < -0.39 is 27.4 Å². The summed E-state index contributed by atoms with van der Waals surface area (Å²) in [6, 6.07) is 0.978. The van der Waals surface area contributed by atoms with Gasteiger partial charge in [-0.3, -0.25) is 0 Å². The molecule has 0 amide bonds. The van der Waals surface area contributed by atoms with Gasteiger partial charge in [-0.1, -0.05) is 0 Å². The van der Waals surface area contributed by atoms with Crippen LogP contribution in [0.25, 0.3) is 0 Å². The molecule has 80 valence electrons. The van der Waals surface area contributed by atoms with Crippen LogP contribution in [0.2, 0.25) is 0 Å². The second kappa shape index (κ2) is 4.23. The average molecular weight is 220 g/mol. The van der Waals surface area contributed by atoms with Gasteiger partial charge >= 0.3 is 0 Å². The highest BCUT2D eigenvalue weighted by Gasteiger charge is 2.32. The number of rotatable bonds is 3. The summed E-state index contributed by atoms with van der Waals surface area (Å²) in [7, 11) is -3.68. The van der Waals surface area contributed by atoms with Gasteiger partial charge in [0.2, 0.25) is 10.0 Å². The van der Waals surface area contributed by atoms with Crippen molar-refractivity contribution in [2.75, 3.05) is 13.2 Å². The molecule has 1 rings (SSSR count). The fourth-order valence-electron chi connectivity index (χ4n) is 1.04. The van der Waals surface area contributed by atoms with Gasteiger partial charge in [0.25, 0.3) is 0 Å². The fourth-order valence-corrected chi connectivity index (χ4v) is 2.03. The number of aliphatic hydroxyl groups is 1. The van der Waals surface area contributed by atoms with Crippen molar-refractivity contribution < 1.29 is 18.3 Å². The van der Waals surface area contributed by atoms with Crippen molar-refractivity contribution in [3.63, 3.8) is 0 Å². The minimum Gasteiger partial charge on any atom is -0.389 e. The van der Waals surface area contributed by atoms with E-state index in [2.05, 4.69) is 4.72 Å². The van der Waals surface area contributed by atoms with Gasteiger partial charge in [-0.05, 0) is 6.92 Å². The zero-order chi connectivity index (χ0) is 10.8. The van der Waals surface area contributed by atoms with Crippen molar-refractivity contribution in [3.05, 3.63) is 0 Å². The number of hydrogen-bond donors (Lipinski definition) is 2. The van der Waals surface area contributed by atoms with E-state index in [0.717, 1.165) is 0 Å². The molecule has 1 heterocycles. The average Bonchev–Trinajstić information content (AvgIpc) is 2.50. The zero-order valence-corrected chi connectivity index (χ0v) is 8.49. The van der Waals surface area contributed by atoms with Crippen LogP contribution in [0.5, 0.6) is 0 Å². The number of hydrogen-bond acceptors (Lipinski definition) is 5. The Bertz CT molecular complexity index is 334. The van der Waals surface area contributed by atoms with E-state index in [9.17, 15) is 13.5 Å². The van der Waals surface area contributed by atoms with Gasteiger partial charge in [0.05, 0.1) is 31.4 Å². The molecule has 0 bridgehead atoms. The molecule has 2 N–H and O–H groups in total. The maximum atomic E-state index is 11.4. The van der Waals surface area contributed by atoms with Crippen molar-refractivity contribution >= 4 is 10.0 Å². The lowest BCUT2D eigenvalue weighted by molar-refractivity contribution is 0.124. The molecular formula is C7H12N2O4S. The molecular weight excluding hydrogens is 208 g/mol. The van der Waals surface area contributed by atoms with Gasteiger partial charge in [0.1, 0.15) is 0 Å². The molecule has 1 fully saturated rings. The van der Waals surface area contributed by atoms with Gasteiger partial charge in [-0.2, -0.15) is 5.26 Å². The van der Waals surface area contributed by atoms with Crippen LogP contribution in [-0.2, 0) is 14.8 Å². The van der Waals surface area contributed by atoms with Crippen LogP contribution in [0.1, 0.15) is 6.92 Å². The van der Waals surface area contributed by atoms with Crippen LogP contribution >= 0.6 is 0 Å². The molecule has 0 aliphatic carbocycles. The first-order valence-electron chi connectivity index (χ1n) is 4.14. The molecule has 1 saturated heterocycles. The molecule has 0 saturated carbocycles. The molecule has 14 heavy (non-hydrogen) atoms.